The fraction of sp³-hybridized carbons (Fsp3) is 0.286. The Morgan fingerprint density at radius 1 is 1.22 bits per heavy atom. The van der Waals surface area contributed by atoms with E-state index in [0.717, 1.165) is 37.2 Å². The third-order valence-electron chi connectivity index (χ3n) is 5.53. The van der Waals surface area contributed by atoms with Crippen LogP contribution in [-0.2, 0) is 17.8 Å². The monoisotopic (exact) mass is 432 g/mol. The molecular weight excluding hydrogens is 412 g/mol. The van der Waals surface area contributed by atoms with Gasteiger partial charge in [-0.15, -0.1) is 0 Å². The van der Waals surface area contributed by atoms with E-state index in [4.69, 9.17) is 4.74 Å². The fourth-order valence-electron chi connectivity index (χ4n) is 3.75. The normalized spacial score (nSPS) is 18.4. The second-order valence-corrected chi connectivity index (χ2v) is 7.99. The average Bonchev–Trinajstić information content (AvgIpc) is 3.16. The zero-order chi connectivity index (χ0) is 21.7. The molecule has 2 aromatic heterocycles. The van der Waals surface area contributed by atoms with Gasteiger partial charge in [-0.05, 0) is 36.1 Å². The lowest BCUT2D eigenvalue weighted by Gasteiger charge is -2.11. The number of rotatable bonds is 6. The van der Waals surface area contributed by atoms with Crippen LogP contribution in [0, 0.1) is 0 Å². The van der Waals surface area contributed by atoms with E-state index < -0.39 is 11.9 Å². The smallest absolute Gasteiger partial charge is 0.326 e. The van der Waals surface area contributed by atoms with Gasteiger partial charge in [-0.25, -0.2) is 4.79 Å². The van der Waals surface area contributed by atoms with Crippen LogP contribution < -0.4 is 26.0 Å². The molecule has 3 amide bonds. The van der Waals surface area contributed by atoms with Crippen LogP contribution in [0.25, 0.3) is 11.7 Å². The van der Waals surface area contributed by atoms with Gasteiger partial charge in [-0.3, -0.25) is 10.1 Å². The summed E-state index contributed by atoms with van der Waals surface area (Å²) in [5, 5.41) is 15.7. The summed E-state index contributed by atoms with van der Waals surface area (Å²) in [5.41, 5.74) is 3.58. The molecule has 0 unspecified atom stereocenters. The van der Waals surface area contributed by atoms with Crippen LogP contribution in [0.4, 0.5) is 16.7 Å². The van der Waals surface area contributed by atoms with Crippen molar-refractivity contribution in [3.63, 3.8) is 0 Å². The van der Waals surface area contributed by atoms with Crippen molar-refractivity contribution in [3.05, 3.63) is 46.8 Å². The van der Waals surface area contributed by atoms with Crippen LogP contribution in [0.2, 0.25) is 0 Å². The number of hydrogen-bond acceptors (Lipinski definition) is 8. The van der Waals surface area contributed by atoms with Crippen molar-refractivity contribution in [2.75, 3.05) is 17.2 Å². The number of amides is 3. The molecule has 1 aliphatic carbocycles. The number of aromatic nitrogens is 4. The van der Waals surface area contributed by atoms with E-state index >= 15 is 0 Å². The first-order chi connectivity index (χ1) is 15.6. The number of ether oxygens (including phenoxy) is 1. The Kier molecular flexibility index (Phi) is 4.20. The number of nitrogens with zero attached hydrogens (tertiary/aromatic N) is 4. The van der Waals surface area contributed by atoms with Gasteiger partial charge in [0.2, 0.25) is 11.9 Å². The number of carbonyl (C=O) groups is 2. The maximum Gasteiger partial charge on any atom is 0.326 e. The van der Waals surface area contributed by atoms with Gasteiger partial charge in [-0.2, -0.15) is 19.6 Å². The summed E-state index contributed by atoms with van der Waals surface area (Å²) in [6.45, 7) is 1.27. The van der Waals surface area contributed by atoms with Gasteiger partial charge in [0.1, 0.15) is 11.4 Å². The SMILES string of the molecule is O=C1NC(=O)/C(=C/c2cnn3c(NC4CC4)nc(NCc4ccc5c(c4)CCO5)nc23)N1. The Balaban J connectivity index is 1.32. The third-order valence-corrected chi connectivity index (χ3v) is 5.53. The van der Waals surface area contributed by atoms with Crippen LogP contribution in [0.5, 0.6) is 5.75 Å². The fourth-order valence-corrected chi connectivity index (χ4v) is 3.75. The Hall–Kier alpha value is -4.15. The van der Waals surface area contributed by atoms with Gasteiger partial charge in [-0.1, -0.05) is 12.1 Å². The Bertz CT molecular complexity index is 1290. The first kappa shape index (κ1) is 18.6. The highest BCUT2D eigenvalue weighted by atomic mass is 16.5. The van der Waals surface area contributed by atoms with E-state index in [0.29, 0.717) is 35.7 Å². The van der Waals surface area contributed by atoms with Crippen molar-refractivity contribution in [2.24, 2.45) is 0 Å². The maximum absolute atomic E-state index is 11.9. The maximum atomic E-state index is 11.9. The zero-order valence-corrected chi connectivity index (χ0v) is 17.0. The van der Waals surface area contributed by atoms with Gasteiger partial charge >= 0.3 is 6.03 Å². The second kappa shape index (κ2) is 7.22. The van der Waals surface area contributed by atoms with Gasteiger partial charge in [0.05, 0.1) is 12.8 Å². The molecule has 11 nitrogen and oxygen atoms in total. The first-order valence-corrected chi connectivity index (χ1v) is 10.5. The lowest BCUT2D eigenvalue weighted by atomic mass is 10.1. The van der Waals surface area contributed by atoms with Crippen LogP contribution in [0.1, 0.15) is 29.5 Å². The molecule has 162 valence electrons. The first-order valence-electron chi connectivity index (χ1n) is 10.5. The molecule has 6 rings (SSSR count). The topological polar surface area (TPSA) is 135 Å². The van der Waals surface area contributed by atoms with Crippen LogP contribution in [0.15, 0.2) is 30.1 Å². The van der Waals surface area contributed by atoms with Crippen molar-refractivity contribution >= 4 is 35.6 Å². The van der Waals surface area contributed by atoms with Crippen LogP contribution in [0.3, 0.4) is 0 Å². The second-order valence-electron chi connectivity index (χ2n) is 7.99. The molecule has 32 heavy (non-hydrogen) atoms. The molecule has 11 heteroatoms. The lowest BCUT2D eigenvalue weighted by molar-refractivity contribution is -0.115. The summed E-state index contributed by atoms with van der Waals surface area (Å²) >= 11 is 0. The Labute approximate surface area is 182 Å². The van der Waals surface area contributed by atoms with Crippen molar-refractivity contribution in [2.45, 2.75) is 31.8 Å². The summed E-state index contributed by atoms with van der Waals surface area (Å²) in [6.07, 6.45) is 6.22. The number of urea groups is 1. The minimum Gasteiger partial charge on any atom is -0.493 e. The number of anilines is 2. The molecule has 3 aliphatic rings. The molecule has 4 heterocycles. The van der Waals surface area contributed by atoms with Crippen LogP contribution in [-0.4, -0.2) is 44.2 Å². The number of imide groups is 1. The van der Waals surface area contributed by atoms with Gasteiger partial charge < -0.3 is 20.7 Å². The Morgan fingerprint density at radius 3 is 2.94 bits per heavy atom. The van der Waals surface area contributed by atoms with Gasteiger partial charge in [0.15, 0.2) is 5.65 Å². The summed E-state index contributed by atoms with van der Waals surface area (Å²) in [7, 11) is 0. The molecule has 1 saturated carbocycles. The molecular formula is C21H20N8O3. The van der Waals surface area contributed by atoms with Gasteiger partial charge in [0, 0.05) is 24.6 Å². The minimum absolute atomic E-state index is 0.148. The molecule has 1 saturated heterocycles. The summed E-state index contributed by atoms with van der Waals surface area (Å²) in [5.74, 6) is 1.48. The van der Waals surface area contributed by atoms with Crippen molar-refractivity contribution < 1.29 is 14.3 Å². The number of benzene rings is 1. The van der Waals surface area contributed by atoms with Crippen LogP contribution >= 0.6 is 0 Å². The largest absolute Gasteiger partial charge is 0.493 e. The van der Waals surface area contributed by atoms with E-state index in [1.54, 1.807) is 16.8 Å². The molecule has 0 radical (unpaired) electrons. The highest BCUT2D eigenvalue weighted by molar-refractivity contribution is 6.14. The van der Waals surface area contributed by atoms with E-state index in [1.807, 2.05) is 12.1 Å². The highest BCUT2D eigenvalue weighted by Gasteiger charge is 2.26. The standard InChI is InChI=1S/C21H20N8O3/c30-18-15(25-21(31)27-18)8-13-10-23-29-17(13)26-19(28-20(29)24-14-2-3-14)22-9-11-1-4-16-12(7-11)5-6-32-16/h1,4,7-8,10,14H,2-3,5-6,9H2,(H2,22,24,26,28)(H2,25,27,30,31)/b15-8-. The molecule has 1 aromatic carbocycles. The predicted molar refractivity (Wildman–Crippen MR) is 115 cm³/mol. The van der Waals surface area contributed by atoms with E-state index in [1.165, 1.54) is 5.56 Å². The number of carbonyl (C=O) groups excluding carboxylic acids is 2. The molecule has 0 atom stereocenters. The van der Waals surface area contributed by atoms with Crippen molar-refractivity contribution in [1.82, 2.24) is 30.2 Å². The molecule has 2 aliphatic heterocycles. The average molecular weight is 432 g/mol. The van der Waals surface area contributed by atoms with Gasteiger partial charge in [0.25, 0.3) is 5.91 Å². The lowest BCUT2D eigenvalue weighted by Crippen LogP contribution is -2.22. The summed E-state index contributed by atoms with van der Waals surface area (Å²) in [4.78, 5) is 32.6. The minimum atomic E-state index is -0.550. The molecule has 0 spiro atoms. The molecule has 0 bridgehead atoms. The zero-order valence-electron chi connectivity index (χ0n) is 17.0. The summed E-state index contributed by atoms with van der Waals surface area (Å²) in [6, 6.07) is 5.96. The molecule has 4 N–H and O–H groups in total. The predicted octanol–water partition coefficient (Wildman–Crippen LogP) is 1.43. The summed E-state index contributed by atoms with van der Waals surface area (Å²) < 4.78 is 7.18. The number of nitrogens with one attached hydrogen (secondary N) is 4. The van der Waals surface area contributed by atoms with E-state index in [-0.39, 0.29) is 5.70 Å². The molecule has 3 aromatic rings. The quantitative estimate of drug-likeness (QED) is 0.339. The Morgan fingerprint density at radius 2 is 2.12 bits per heavy atom. The van der Waals surface area contributed by atoms with Crippen molar-refractivity contribution in [3.8, 4) is 5.75 Å². The molecule has 2 fully saturated rings. The number of hydrogen-bond donors (Lipinski definition) is 4. The van der Waals surface area contributed by atoms with Crippen molar-refractivity contribution in [1.29, 1.82) is 0 Å². The van der Waals surface area contributed by atoms with E-state index in [9.17, 15) is 9.59 Å². The van der Waals surface area contributed by atoms with E-state index in [2.05, 4.69) is 42.4 Å². The third kappa shape index (κ3) is 3.47. The number of fused-ring (bicyclic) bond motifs is 2. The highest BCUT2D eigenvalue weighted by Crippen LogP contribution is 2.27.